The van der Waals surface area contributed by atoms with Crippen molar-refractivity contribution < 1.29 is 17.9 Å². The maximum atomic E-state index is 12.0. The highest BCUT2D eigenvalue weighted by Crippen LogP contribution is 2.28. The van der Waals surface area contributed by atoms with E-state index in [9.17, 15) is 13.2 Å². The molecule has 17 heavy (non-hydrogen) atoms. The quantitative estimate of drug-likeness (QED) is 0.628. The summed E-state index contributed by atoms with van der Waals surface area (Å²) in [6.45, 7) is 0. The van der Waals surface area contributed by atoms with E-state index in [0.29, 0.717) is 16.6 Å². The van der Waals surface area contributed by atoms with Gasteiger partial charge in [-0.1, -0.05) is 0 Å². The Labute approximate surface area is 94.2 Å². The van der Waals surface area contributed by atoms with E-state index >= 15 is 0 Å². The standard InChI is InChI=1S/C10H8F3N3O/c11-10(12,13)17-6-1-2-8-7(5-6)9(16-14)3-4-15-8/h1-5H,14H2,(H,15,16). The number of fused-ring (bicyclic) bond motifs is 1. The average Bonchev–Trinajstić information content (AvgIpc) is 2.26. The van der Waals surface area contributed by atoms with Gasteiger partial charge in [0.05, 0.1) is 11.2 Å². The van der Waals surface area contributed by atoms with E-state index in [1.165, 1.54) is 24.4 Å². The van der Waals surface area contributed by atoms with Gasteiger partial charge in [-0.2, -0.15) is 0 Å². The predicted octanol–water partition coefficient (Wildman–Crippen LogP) is 2.42. The van der Waals surface area contributed by atoms with Crippen molar-refractivity contribution in [2.75, 3.05) is 5.43 Å². The molecule has 0 saturated heterocycles. The van der Waals surface area contributed by atoms with Gasteiger partial charge >= 0.3 is 6.36 Å². The van der Waals surface area contributed by atoms with Crippen LogP contribution in [0.1, 0.15) is 0 Å². The van der Waals surface area contributed by atoms with Crippen LogP contribution in [-0.2, 0) is 0 Å². The minimum atomic E-state index is -4.72. The molecular weight excluding hydrogens is 235 g/mol. The van der Waals surface area contributed by atoms with Crippen LogP contribution in [0, 0.1) is 0 Å². The van der Waals surface area contributed by atoms with Gasteiger partial charge in [-0.3, -0.25) is 10.8 Å². The van der Waals surface area contributed by atoms with Crippen LogP contribution in [0.2, 0.25) is 0 Å². The van der Waals surface area contributed by atoms with Crippen molar-refractivity contribution in [2.45, 2.75) is 6.36 Å². The number of ether oxygens (including phenoxy) is 1. The Morgan fingerprint density at radius 1 is 1.24 bits per heavy atom. The monoisotopic (exact) mass is 243 g/mol. The number of aromatic nitrogens is 1. The maximum Gasteiger partial charge on any atom is 0.573 e. The first-order valence-corrected chi connectivity index (χ1v) is 4.61. The fraction of sp³-hybridized carbons (Fsp3) is 0.100. The van der Waals surface area contributed by atoms with Gasteiger partial charge in [-0.05, 0) is 24.3 Å². The zero-order valence-electron chi connectivity index (χ0n) is 8.45. The third-order valence-corrected chi connectivity index (χ3v) is 2.10. The predicted molar refractivity (Wildman–Crippen MR) is 56.2 cm³/mol. The summed E-state index contributed by atoms with van der Waals surface area (Å²) in [6.07, 6.45) is -3.21. The average molecular weight is 243 g/mol. The number of alkyl halides is 3. The van der Waals surface area contributed by atoms with Gasteiger partial charge in [0.15, 0.2) is 0 Å². The van der Waals surface area contributed by atoms with Gasteiger partial charge in [0, 0.05) is 11.6 Å². The molecule has 2 rings (SSSR count). The maximum absolute atomic E-state index is 12.0. The number of nitrogens with zero attached hydrogens (tertiary/aromatic N) is 1. The van der Waals surface area contributed by atoms with Crippen molar-refractivity contribution in [1.29, 1.82) is 0 Å². The molecule has 3 N–H and O–H groups in total. The molecule has 2 aromatic rings. The summed E-state index contributed by atoms with van der Waals surface area (Å²) in [5.41, 5.74) is 3.38. The smallest absolute Gasteiger partial charge is 0.406 e. The molecule has 0 saturated carbocycles. The van der Waals surface area contributed by atoms with E-state index in [4.69, 9.17) is 5.84 Å². The molecule has 0 unspecified atom stereocenters. The lowest BCUT2D eigenvalue weighted by atomic mass is 10.2. The Kier molecular flexibility index (Phi) is 2.76. The number of rotatable bonds is 2. The fourth-order valence-corrected chi connectivity index (χ4v) is 1.45. The van der Waals surface area contributed by atoms with Crippen LogP contribution in [0.25, 0.3) is 10.9 Å². The van der Waals surface area contributed by atoms with Gasteiger partial charge < -0.3 is 10.2 Å². The highest BCUT2D eigenvalue weighted by atomic mass is 19.4. The number of anilines is 1. The number of pyridine rings is 1. The van der Waals surface area contributed by atoms with Gasteiger partial charge in [0.2, 0.25) is 0 Å². The number of halogens is 3. The third-order valence-electron chi connectivity index (χ3n) is 2.10. The SMILES string of the molecule is NNc1ccnc2ccc(OC(F)(F)F)cc12. The van der Waals surface area contributed by atoms with Crippen molar-refractivity contribution >= 4 is 16.6 Å². The molecule has 4 nitrogen and oxygen atoms in total. The lowest BCUT2D eigenvalue weighted by Crippen LogP contribution is -2.17. The van der Waals surface area contributed by atoms with Gasteiger partial charge in [-0.15, -0.1) is 13.2 Å². The van der Waals surface area contributed by atoms with Gasteiger partial charge in [-0.25, -0.2) is 0 Å². The zero-order valence-corrected chi connectivity index (χ0v) is 8.45. The highest BCUT2D eigenvalue weighted by Gasteiger charge is 2.31. The van der Waals surface area contributed by atoms with Crippen LogP contribution < -0.4 is 16.0 Å². The minimum absolute atomic E-state index is 0.311. The fourth-order valence-electron chi connectivity index (χ4n) is 1.45. The molecule has 0 atom stereocenters. The lowest BCUT2D eigenvalue weighted by Gasteiger charge is -2.10. The second-order valence-corrected chi connectivity index (χ2v) is 3.23. The summed E-state index contributed by atoms with van der Waals surface area (Å²) in [5.74, 6) is 4.94. The highest BCUT2D eigenvalue weighted by molar-refractivity contribution is 5.91. The van der Waals surface area contributed by atoms with Crippen LogP contribution in [0.5, 0.6) is 5.75 Å². The number of hydrogen-bond acceptors (Lipinski definition) is 4. The number of hydrazine groups is 1. The first-order valence-electron chi connectivity index (χ1n) is 4.61. The molecule has 0 aliphatic heterocycles. The van der Waals surface area contributed by atoms with E-state index in [0.717, 1.165) is 0 Å². The second-order valence-electron chi connectivity index (χ2n) is 3.23. The van der Waals surface area contributed by atoms with Crippen molar-refractivity contribution in [3.8, 4) is 5.75 Å². The first kappa shape index (κ1) is 11.5. The summed E-state index contributed by atoms with van der Waals surface area (Å²) < 4.78 is 40.0. The van der Waals surface area contributed by atoms with E-state index < -0.39 is 6.36 Å². The van der Waals surface area contributed by atoms with Crippen molar-refractivity contribution in [3.05, 3.63) is 30.5 Å². The molecule has 0 spiro atoms. The Balaban J connectivity index is 2.48. The first-order chi connectivity index (χ1) is 7.99. The molecule has 1 aromatic heterocycles. The molecule has 0 bridgehead atoms. The normalized spacial score (nSPS) is 11.5. The Hall–Kier alpha value is -2.02. The van der Waals surface area contributed by atoms with Gasteiger partial charge in [0.1, 0.15) is 5.75 Å². The zero-order chi connectivity index (χ0) is 12.5. The topological polar surface area (TPSA) is 60.2 Å². The van der Waals surface area contributed by atoms with Crippen molar-refractivity contribution in [3.63, 3.8) is 0 Å². The third kappa shape index (κ3) is 2.56. The van der Waals surface area contributed by atoms with Crippen molar-refractivity contribution in [1.82, 2.24) is 4.98 Å². The molecule has 0 amide bonds. The summed E-state index contributed by atoms with van der Waals surface area (Å²) in [7, 11) is 0. The molecule has 0 aliphatic carbocycles. The molecule has 0 fully saturated rings. The molecule has 1 aromatic carbocycles. The number of nitrogens with two attached hydrogens (primary N) is 1. The van der Waals surface area contributed by atoms with Crippen LogP contribution in [0.3, 0.4) is 0 Å². The molecule has 7 heteroatoms. The van der Waals surface area contributed by atoms with E-state index in [2.05, 4.69) is 15.1 Å². The Morgan fingerprint density at radius 3 is 2.65 bits per heavy atom. The molecule has 0 radical (unpaired) electrons. The number of hydrogen-bond donors (Lipinski definition) is 2. The van der Waals surface area contributed by atoms with E-state index in [1.807, 2.05) is 0 Å². The van der Waals surface area contributed by atoms with Crippen LogP contribution in [0.15, 0.2) is 30.5 Å². The summed E-state index contributed by atoms with van der Waals surface area (Å²) in [4.78, 5) is 4.00. The lowest BCUT2D eigenvalue weighted by molar-refractivity contribution is -0.274. The number of benzene rings is 1. The Morgan fingerprint density at radius 2 is 2.00 bits per heavy atom. The van der Waals surface area contributed by atoms with Crippen molar-refractivity contribution in [2.24, 2.45) is 5.84 Å². The van der Waals surface area contributed by atoms with E-state index in [-0.39, 0.29) is 5.75 Å². The molecule has 1 heterocycles. The molecular formula is C10H8F3N3O. The van der Waals surface area contributed by atoms with Crippen LogP contribution >= 0.6 is 0 Å². The molecule has 90 valence electrons. The van der Waals surface area contributed by atoms with Crippen LogP contribution in [0.4, 0.5) is 18.9 Å². The largest absolute Gasteiger partial charge is 0.573 e. The van der Waals surface area contributed by atoms with Crippen LogP contribution in [-0.4, -0.2) is 11.3 Å². The summed E-state index contributed by atoms with van der Waals surface area (Å²) >= 11 is 0. The summed E-state index contributed by atoms with van der Waals surface area (Å²) in [6, 6.07) is 5.41. The second kappa shape index (κ2) is 4.10. The van der Waals surface area contributed by atoms with Gasteiger partial charge in [0.25, 0.3) is 0 Å². The molecule has 0 aliphatic rings. The Bertz CT molecular complexity index is 542. The summed E-state index contributed by atoms with van der Waals surface area (Å²) in [5, 5.41) is 0.455. The minimum Gasteiger partial charge on any atom is -0.406 e. The van der Waals surface area contributed by atoms with E-state index in [1.54, 1.807) is 6.07 Å². The number of nitrogen functional groups attached to an aromatic ring is 1. The number of nitrogens with one attached hydrogen (secondary N) is 1.